The number of aromatic nitrogens is 2. The van der Waals surface area contributed by atoms with Gasteiger partial charge in [0.25, 0.3) is 0 Å². The molecule has 0 aliphatic carbocycles. The number of rotatable bonds is 9. The molecule has 156 valence electrons. The summed E-state index contributed by atoms with van der Waals surface area (Å²) in [5.41, 5.74) is 0.530. The number of morpholine rings is 1. The molecule has 1 saturated heterocycles. The minimum absolute atomic E-state index is 0.171. The van der Waals surface area contributed by atoms with E-state index in [0.29, 0.717) is 48.0 Å². The van der Waals surface area contributed by atoms with Crippen LogP contribution in [0.1, 0.15) is 0 Å². The summed E-state index contributed by atoms with van der Waals surface area (Å²) in [6.45, 7) is 5.69. The normalized spacial score (nSPS) is 15.0. The number of hydrogen-bond donors (Lipinski definition) is 2. The average molecular weight is 456 g/mol. The maximum Gasteiger partial charge on any atom is 0.243 e. The van der Waals surface area contributed by atoms with Crippen molar-refractivity contribution in [1.82, 2.24) is 14.5 Å². The van der Waals surface area contributed by atoms with E-state index in [9.17, 15) is 13.2 Å². The number of carbonyl (C=O) groups excluding carboxylic acids is 1. The van der Waals surface area contributed by atoms with Gasteiger partial charge in [0, 0.05) is 25.3 Å². The maximum absolute atomic E-state index is 12.6. The highest BCUT2D eigenvalue weighted by Gasteiger charge is 2.26. The van der Waals surface area contributed by atoms with E-state index in [1.165, 1.54) is 39.5 Å². The first-order valence-corrected chi connectivity index (χ1v) is 12.0. The molecule has 1 amide bonds. The summed E-state index contributed by atoms with van der Waals surface area (Å²) in [5, 5.41) is 14.4. The van der Waals surface area contributed by atoms with Crippen LogP contribution in [0.2, 0.25) is 0 Å². The number of ether oxygens (including phenoxy) is 1. The molecular formula is C17H21N5O4S3. The largest absolute Gasteiger partial charge is 0.379 e. The number of sulfonamides is 1. The molecule has 9 nitrogen and oxygen atoms in total. The van der Waals surface area contributed by atoms with E-state index in [1.54, 1.807) is 18.2 Å². The van der Waals surface area contributed by atoms with Crippen molar-refractivity contribution in [2.75, 3.05) is 49.2 Å². The van der Waals surface area contributed by atoms with E-state index in [4.69, 9.17) is 4.74 Å². The smallest absolute Gasteiger partial charge is 0.243 e. The Morgan fingerprint density at radius 2 is 2.00 bits per heavy atom. The van der Waals surface area contributed by atoms with Crippen molar-refractivity contribution >= 4 is 49.8 Å². The first-order chi connectivity index (χ1) is 14.0. The summed E-state index contributed by atoms with van der Waals surface area (Å²) in [6.07, 6.45) is 1.72. The molecule has 0 unspecified atom stereocenters. The van der Waals surface area contributed by atoms with Crippen LogP contribution in [0, 0.1) is 0 Å². The summed E-state index contributed by atoms with van der Waals surface area (Å²) < 4.78 is 32.5. The predicted molar refractivity (Wildman–Crippen MR) is 114 cm³/mol. The standard InChI is InChI=1S/C17H21N5O4S3/c1-2-7-18-16-20-21-17(28-16)27-12-15(23)19-13-3-5-14(6-4-13)29(24,25)22-8-10-26-11-9-22/h2-6H,1,7-12H2,(H,18,20)(H,19,23). The van der Waals surface area contributed by atoms with Gasteiger partial charge in [0.2, 0.25) is 21.1 Å². The molecule has 0 saturated carbocycles. The molecule has 0 bridgehead atoms. The van der Waals surface area contributed by atoms with Gasteiger partial charge < -0.3 is 15.4 Å². The number of benzene rings is 1. The lowest BCUT2D eigenvalue weighted by atomic mass is 10.3. The van der Waals surface area contributed by atoms with Crippen molar-refractivity contribution in [3.8, 4) is 0 Å². The summed E-state index contributed by atoms with van der Waals surface area (Å²) in [4.78, 5) is 12.3. The number of anilines is 2. The van der Waals surface area contributed by atoms with Crippen LogP contribution in [-0.2, 0) is 19.6 Å². The Hall–Kier alpha value is -1.99. The second-order valence-corrected chi connectivity index (χ2v) is 10.1. The van der Waals surface area contributed by atoms with Gasteiger partial charge in [-0.1, -0.05) is 29.2 Å². The molecule has 3 rings (SSSR count). The molecule has 29 heavy (non-hydrogen) atoms. The van der Waals surface area contributed by atoms with E-state index in [2.05, 4.69) is 27.4 Å². The Kier molecular flexibility index (Phi) is 7.61. The Labute approximate surface area is 177 Å². The number of thioether (sulfide) groups is 1. The fraction of sp³-hybridized carbons (Fsp3) is 0.353. The van der Waals surface area contributed by atoms with Crippen LogP contribution >= 0.6 is 23.1 Å². The fourth-order valence-corrected chi connectivity index (χ4v) is 5.44. The van der Waals surface area contributed by atoms with Crippen molar-refractivity contribution < 1.29 is 17.9 Å². The lowest BCUT2D eigenvalue weighted by molar-refractivity contribution is -0.113. The molecule has 12 heteroatoms. The molecule has 2 heterocycles. The highest BCUT2D eigenvalue weighted by molar-refractivity contribution is 8.01. The molecule has 1 aromatic carbocycles. The van der Waals surface area contributed by atoms with Crippen molar-refractivity contribution in [3.05, 3.63) is 36.9 Å². The summed E-state index contributed by atoms with van der Waals surface area (Å²) in [5.74, 6) is -0.0428. The zero-order valence-electron chi connectivity index (χ0n) is 15.5. The van der Waals surface area contributed by atoms with Crippen LogP contribution < -0.4 is 10.6 Å². The van der Waals surface area contributed by atoms with Gasteiger partial charge in [0.05, 0.1) is 23.9 Å². The second-order valence-electron chi connectivity index (χ2n) is 5.92. The number of nitrogens with one attached hydrogen (secondary N) is 2. The molecule has 0 atom stereocenters. The van der Waals surface area contributed by atoms with Crippen molar-refractivity contribution in [3.63, 3.8) is 0 Å². The molecule has 1 fully saturated rings. The summed E-state index contributed by atoms with van der Waals surface area (Å²) >= 11 is 2.64. The lowest BCUT2D eigenvalue weighted by Gasteiger charge is -2.26. The first-order valence-electron chi connectivity index (χ1n) is 8.78. The van der Waals surface area contributed by atoms with Gasteiger partial charge >= 0.3 is 0 Å². The molecular weight excluding hydrogens is 434 g/mol. The fourth-order valence-electron chi connectivity index (χ4n) is 2.47. The quantitative estimate of drug-likeness (QED) is 0.435. The molecule has 0 spiro atoms. The third kappa shape index (κ3) is 6.00. The molecule has 1 aliphatic rings. The van der Waals surface area contributed by atoms with E-state index in [0.717, 1.165) is 0 Å². The van der Waals surface area contributed by atoms with Crippen LogP contribution in [0.4, 0.5) is 10.8 Å². The van der Waals surface area contributed by atoms with Gasteiger partial charge in [-0.15, -0.1) is 16.8 Å². The Bertz CT molecular complexity index is 940. The maximum atomic E-state index is 12.6. The third-order valence-electron chi connectivity index (χ3n) is 3.88. The van der Waals surface area contributed by atoms with Crippen LogP contribution in [0.5, 0.6) is 0 Å². The Morgan fingerprint density at radius 3 is 2.69 bits per heavy atom. The average Bonchev–Trinajstić information content (AvgIpc) is 3.20. The molecule has 2 N–H and O–H groups in total. The number of carbonyl (C=O) groups is 1. The Morgan fingerprint density at radius 1 is 1.28 bits per heavy atom. The first kappa shape index (κ1) is 21.7. The van der Waals surface area contributed by atoms with Crippen LogP contribution in [0.15, 0.2) is 46.2 Å². The van der Waals surface area contributed by atoms with Gasteiger partial charge in [-0.05, 0) is 24.3 Å². The highest BCUT2D eigenvalue weighted by Crippen LogP contribution is 2.25. The van der Waals surface area contributed by atoms with E-state index in [1.807, 2.05) is 0 Å². The van der Waals surface area contributed by atoms with Crippen LogP contribution in [-0.4, -0.2) is 67.4 Å². The zero-order chi connectivity index (χ0) is 20.7. The predicted octanol–water partition coefficient (Wildman–Crippen LogP) is 1.89. The Balaban J connectivity index is 1.52. The van der Waals surface area contributed by atoms with Crippen molar-refractivity contribution in [2.24, 2.45) is 0 Å². The molecule has 2 aromatic rings. The monoisotopic (exact) mass is 455 g/mol. The summed E-state index contributed by atoms with van der Waals surface area (Å²) in [6, 6.07) is 6.15. The molecule has 0 radical (unpaired) electrons. The van der Waals surface area contributed by atoms with Gasteiger partial charge in [0.1, 0.15) is 0 Å². The van der Waals surface area contributed by atoms with Crippen LogP contribution in [0.25, 0.3) is 0 Å². The SMILES string of the molecule is C=CCNc1nnc(SCC(=O)Nc2ccc(S(=O)(=O)N3CCOCC3)cc2)s1. The van der Waals surface area contributed by atoms with Gasteiger partial charge in [-0.2, -0.15) is 4.31 Å². The number of hydrogen-bond acceptors (Lipinski definition) is 9. The molecule has 1 aromatic heterocycles. The molecule has 1 aliphatic heterocycles. The van der Waals surface area contributed by atoms with Gasteiger partial charge in [0.15, 0.2) is 4.34 Å². The van der Waals surface area contributed by atoms with Gasteiger partial charge in [-0.25, -0.2) is 8.42 Å². The van der Waals surface area contributed by atoms with Crippen LogP contribution in [0.3, 0.4) is 0 Å². The van der Waals surface area contributed by atoms with E-state index in [-0.39, 0.29) is 16.6 Å². The minimum atomic E-state index is -3.55. The van der Waals surface area contributed by atoms with Gasteiger partial charge in [-0.3, -0.25) is 4.79 Å². The lowest BCUT2D eigenvalue weighted by Crippen LogP contribution is -2.40. The second kappa shape index (κ2) is 10.2. The van der Waals surface area contributed by atoms with E-state index >= 15 is 0 Å². The zero-order valence-corrected chi connectivity index (χ0v) is 18.0. The minimum Gasteiger partial charge on any atom is -0.379 e. The summed E-state index contributed by atoms with van der Waals surface area (Å²) in [7, 11) is -3.55. The third-order valence-corrected chi connectivity index (χ3v) is 7.80. The topological polar surface area (TPSA) is 114 Å². The van der Waals surface area contributed by atoms with Crippen molar-refractivity contribution in [1.29, 1.82) is 0 Å². The highest BCUT2D eigenvalue weighted by atomic mass is 32.2. The number of amides is 1. The number of nitrogens with zero attached hydrogens (tertiary/aromatic N) is 3. The van der Waals surface area contributed by atoms with Crippen molar-refractivity contribution in [2.45, 2.75) is 9.24 Å². The van der Waals surface area contributed by atoms with E-state index < -0.39 is 10.0 Å².